The van der Waals surface area contributed by atoms with Crippen LogP contribution in [0.2, 0.25) is 10.0 Å². The first-order valence-corrected chi connectivity index (χ1v) is 12.5. The van der Waals surface area contributed by atoms with Crippen molar-refractivity contribution < 1.29 is 14.0 Å². The van der Waals surface area contributed by atoms with E-state index in [0.29, 0.717) is 54.7 Å². The summed E-state index contributed by atoms with van der Waals surface area (Å²) in [6.07, 6.45) is 2.05. The predicted molar refractivity (Wildman–Crippen MR) is 132 cm³/mol. The van der Waals surface area contributed by atoms with Crippen LogP contribution in [-0.2, 0) is 11.2 Å². The van der Waals surface area contributed by atoms with Gasteiger partial charge in [-0.05, 0) is 49.1 Å². The molecule has 3 N–H and O–H groups in total. The number of nitrogens with zero attached hydrogens (tertiary/aromatic N) is 1. The Morgan fingerprint density at radius 2 is 1.94 bits per heavy atom. The van der Waals surface area contributed by atoms with Crippen LogP contribution < -0.4 is 16.0 Å². The number of rotatable bonds is 5. The van der Waals surface area contributed by atoms with Crippen LogP contribution in [0.15, 0.2) is 42.5 Å². The van der Waals surface area contributed by atoms with E-state index in [1.165, 1.54) is 12.1 Å². The van der Waals surface area contributed by atoms with Gasteiger partial charge in [0.15, 0.2) is 0 Å². The third-order valence-corrected chi connectivity index (χ3v) is 8.13. The Morgan fingerprint density at radius 1 is 1.18 bits per heavy atom. The van der Waals surface area contributed by atoms with Crippen molar-refractivity contribution in [3.05, 3.63) is 63.9 Å². The van der Waals surface area contributed by atoms with Crippen molar-refractivity contribution in [3.63, 3.8) is 0 Å². The number of carbonyl (C=O) groups excluding carboxylic acids is 2. The standard InChI is InChI=1S/C23H25Cl2FN4O2S/c24-16-6-5-15(17(25)13-16)7-10-27-21(31)20-14-33-23(29-20)8-11-30(12-9-23)22(32)28-19-4-2-1-3-18(19)26/h1-6,13,20,29H,7-12,14H2,(H,27,31)(H,28,32)/t20-/m1/s1. The van der Waals surface area contributed by atoms with E-state index in [1.54, 1.807) is 40.9 Å². The van der Waals surface area contributed by atoms with Gasteiger partial charge in [0.2, 0.25) is 5.91 Å². The van der Waals surface area contributed by atoms with Gasteiger partial charge in [-0.1, -0.05) is 41.4 Å². The summed E-state index contributed by atoms with van der Waals surface area (Å²) < 4.78 is 13.8. The van der Waals surface area contributed by atoms with Crippen LogP contribution in [0.5, 0.6) is 0 Å². The Balaban J connectivity index is 1.22. The van der Waals surface area contributed by atoms with Gasteiger partial charge in [-0.3, -0.25) is 10.1 Å². The van der Waals surface area contributed by atoms with Gasteiger partial charge in [0.1, 0.15) is 5.82 Å². The van der Waals surface area contributed by atoms with Crippen LogP contribution in [0.25, 0.3) is 0 Å². The summed E-state index contributed by atoms with van der Waals surface area (Å²) in [5, 5.41) is 10.3. The van der Waals surface area contributed by atoms with E-state index in [0.717, 1.165) is 5.56 Å². The van der Waals surface area contributed by atoms with Crippen molar-refractivity contribution in [2.75, 3.05) is 30.7 Å². The number of anilines is 1. The maximum absolute atomic E-state index is 13.8. The van der Waals surface area contributed by atoms with Crippen LogP contribution >= 0.6 is 35.0 Å². The molecule has 0 saturated carbocycles. The van der Waals surface area contributed by atoms with E-state index in [4.69, 9.17) is 23.2 Å². The summed E-state index contributed by atoms with van der Waals surface area (Å²) in [5.74, 6) is 0.179. The van der Waals surface area contributed by atoms with E-state index < -0.39 is 5.82 Å². The molecule has 0 radical (unpaired) electrons. The maximum atomic E-state index is 13.8. The minimum atomic E-state index is -0.459. The lowest BCUT2D eigenvalue weighted by molar-refractivity contribution is -0.122. The molecule has 2 aromatic carbocycles. The number of hydrogen-bond acceptors (Lipinski definition) is 4. The van der Waals surface area contributed by atoms with Crippen molar-refractivity contribution in [1.82, 2.24) is 15.5 Å². The molecule has 2 heterocycles. The van der Waals surface area contributed by atoms with Crippen molar-refractivity contribution in [2.24, 2.45) is 0 Å². The van der Waals surface area contributed by atoms with Crippen LogP contribution in [-0.4, -0.2) is 53.1 Å². The number of piperidine rings is 1. The van der Waals surface area contributed by atoms with Gasteiger partial charge < -0.3 is 15.5 Å². The predicted octanol–water partition coefficient (Wildman–Crippen LogP) is 4.52. The molecule has 33 heavy (non-hydrogen) atoms. The Bertz CT molecular complexity index is 1030. The third kappa shape index (κ3) is 5.93. The van der Waals surface area contributed by atoms with Gasteiger partial charge in [-0.15, -0.1) is 11.8 Å². The summed E-state index contributed by atoms with van der Waals surface area (Å²) in [6, 6.07) is 10.9. The Kier molecular flexibility index (Phi) is 7.69. The fraction of sp³-hybridized carbons (Fsp3) is 0.391. The van der Waals surface area contributed by atoms with E-state index in [2.05, 4.69) is 16.0 Å². The zero-order valence-corrected chi connectivity index (χ0v) is 20.2. The van der Waals surface area contributed by atoms with E-state index in [9.17, 15) is 14.0 Å². The molecule has 0 aromatic heterocycles. The van der Waals surface area contributed by atoms with Crippen LogP contribution in [0.1, 0.15) is 18.4 Å². The quantitative estimate of drug-likeness (QED) is 0.552. The maximum Gasteiger partial charge on any atom is 0.321 e. The van der Waals surface area contributed by atoms with Crippen molar-refractivity contribution in [1.29, 1.82) is 0 Å². The number of benzene rings is 2. The van der Waals surface area contributed by atoms with Gasteiger partial charge in [0.25, 0.3) is 0 Å². The molecular weight excluding hydrogens is 486 g/mol. The lowest BCUT2D eigenvalue weighted by Crippen LogP contribution is -2.55. The largest absolute Gasteiger partial charge is 0.354 e. The third-order valence-electron chi connectivity index (χ3n) is 5.96. The molecule has 1 atom stereocenters. The van der Waals surface area contributed by atoms with Crippen molar-refractivity contribution in [3.8, 4) is 0 Å². The number of urea groups is 1. The van der Waals surface area contributed by atoms with Gasteiger partial charge >= 0.3 is 6.03 Å². The first-order chi connectivity index (χ1) is 15.8. The number of hydrogen-bond donors (Lipinski definition) is 3. The normalized spacial score (nSPS) is 19.5. The highest BCUT2D eigenvalue weighted by Crippen LogP contribution is 2.39. The monoisotopic (exact) mass is 510 g/mol. The van der Waals surface area contributed by atoms with Gasteiger partial charge in [-0.25, -0.2) is 9.18 Å². The summed E-state index contributed by atoms with van der Waals surface area (Å²) in [4.78, 5) is 26.6. The number of para-hydroxylation sites is 1. The molecule has 4 rings (SSSR count). The molecule has 2 saturated heterocycles. The molecule has 0 bridgehead atoms. The molecule has 2 aromatic rings. The second kappa shape index (κ2) is 10.5. The molecule has 0 unspecified atom stereocenters. The molecule has 0 aliphatic carbocycles. The van der Waals surface area contributed by atoms with Gasteiger partial charge in [-0.2, -0.15) is 0 Å². The van der Waals surface area contributed by atoms with Crippen LogP contribution in [0, 0.1) is 5.82 Å². The average molecular weight is 511 g/mol. The molecule has 1 spiro atoms. The van der Waals surface area contributed by atoms with Crippen LogP contribution in [0.3, 0.4) is 0 Å². The fourth-order valence-corrected chi connectivity index (χ4v) is 5.99. The van der Waals surface area contributed by atoms with Gasteiger partial charge in [0.05, 0.1) is 16.6 Å². The second-order valence-electron chi connectivity index (χ2n) is 8.18. The number of halogens is 3. The van der Waals surface area contributed by atoms with Crippen molar-refractivity contribution in [2.45, 2.75) is 30.2 Å². The highest BCUT2D eigenvalue weighted by Gasteiger charge is 2.44. The SMILES string of the molecule is O=C(NCCc1ccc(Cl)cc1Cl)[C@H]1CSC2(CCN(C(=O)Nc3ccccc3F)CC2)N1. The van der Waals surface area contributed by atoms with E-state index in [-0.39, 0.29) is 28.5 Å². The molecule has 2 aliphatic rings. The van der Waals surface area contributed by atoms with Gasteiger partial charge in [0, 0.05) is 35.4 Å². The Hall–Kier alpha value is -2.00. The number of thioether (sulfide) groups is 1. The second-order valence-corrected chi connectivity index (χ2v) is 10.4. The fourth-order valence-electron chi connectivity index (χ4n) is 4.07. The first-order valence-electron chi connectivity index (χ1n) is 10.8. The highest BCUT2D eigenvalue weighted by atomic mass is 35.5. The number of amides is 3. The number of carbonyl (C=O) groups is 2. The first kappa shape index (κ1) is 24.1. The molecule has 3 amide bonds. The molecule has 2 aliphatic heterocycles. The lowest BCUT2D eigenvalue weighted by Gasteiger charge is -2.39. The summed E-state index contributed by atoms with van der Waals surface area (Å²) in [5.41, 5.74) is 1.11. The van der Waals surface area contributed by atoms with Crippen LogP contribution in [0.4, 0.5) is 14.9 Å². The Labute approximate surface area is 206 Å². The van der Waals surface area contributed by atoms with Crippen molar-refractivity contribution >= 4 is 52.6 Å². The summed E-state index contributed by atoms with van der Waals surface area (Å²) >= 11 is 13.8. The van der Waals surface area contributed by atoms with E-state index >= 15 is 0 Å². The molecule has 2 fully saturated rings. The molecular formula is C23H25Cl2FN4O2S. The number of nitrogens with one attached hydrogen (secondary N) is 3. The summed E-state index contributed by atoms with van der Waals surface area (Å²) in [6.45, 7) is 1.55. The molecule has 176 valence electrons. The van der Waals surface area contributed by atoms with E-state index in [1.807, 2.05) is 6.07 Å². The average Bonchev–Trinajstić information content (AvgIpc) is 3.21. The lowest BCUT2D eigenvalue weighted by atomic mass is 10.0. The Morgan fingerprint density at radius 3 is 2.67 bits per heavy atom. The smallest absolute Gasteiger partial charge is 0.321 e. The zero-order chi connectivity index (χ0) is 23.4. The molecule has 10 heteroatoms. The minimum absolute atomic E-state index is 0.0378. The topological polar surface area (TPSA) is 73.5 Å². The molecule has 6 nitrogen and oxygen atoms in total. The zero-order valence-electron chi connectivity index (χ0n) is 17.9. The number of likely N-dealkylation sites (tertiary alicyclic amines) is 1. The summed E-state index contributed by atoms with van der Waals surface area (Å²) in [7, 11) is 0. The minimum Gasteiger partial charge on any atom is -0.354 e. The highest BCUT2D eigenvalue weighted by molar-refractivity contribution is 8.01.